The van der Waals surface area contributed by atoms with E-state index in [1.807, 2.05) is 31.2 Å². The van der Waals surface area contributed by atoms with Crippen LogP contribution in [0.3, 0.4) is 0 Å². The topological polar surface area (TPSA) is 87.3 Å². The summed E-state index contributed by atoms with van der Waals surface area (Å²) in [5.74, 6) is 1.28. The summed E-state index contributed by atoms with van der Waals surface area (Å²) in [4.78, 5) is 10.4. The molecule has 33 heavy (non-hydrogen) atoms. The van der Waals surface area contributed by atoms with Crippen molar-refractivity contribution in [3.63, 3.8) is 0 Å². The molecule has 2 aromatic carbocycles. The van der Waals surface area contributed by atoms with Gasteiger partial charge in [-0.05, 0) is 55.0 Å². The maximum atomic E-state index is 13.1. The number of benzene rings is 2. The van der Waals surface area contributed by atoms with Gasteiger partial charge in [-0.15, -0.1) is 0 Å². The SMILES string of the molecule is Cc1nc2c(Cc3ccc(S(=O)(=O)N[C@@H](CC(C)C)CN4CCOCC4)cc3)cccc2[nH]1. The van der Waals surface area contributed by atoms with Crippen LogP contribution in [0.15, 0.2) is 47.4 Å². The molecule has 0 unspecified atom stereocenters. The number of nitrogens with one attached hydrogen (secondary N) is 2. The van der Waals surface area contributed by atoms with E-state index in [0.717, 1.165) is 47.5 Å². The average Bonchev–Trinajstić information content (AvgIpc) is 3.15. The van der Waals surface area contributed by atoms with E-state index < -0.39 is 10.0 Å². The predicted molar refractivity (Wildman–Crippen MR) is 131 cm³/mol. The van der Waals surface area contributed by atoms with E-state index in [9.17, 15) is 8.42 Å². The zero-order valence-corrected chi connectivity index (χ0v) is 20.5. The number of ether oxygens (including phenoxy) is 1. The van der Waals surface area contributed by atoms with Gasteiger partial charge in [-0.25, -0.2) is 18.1 Å². The number of H-pyrrole nitrogens is 1. The summed E-state index contributed by atoms with van der Waals surface area (Å²) >= 11 is 0. The van der Waals surface area contributed by atoms with Crippen molar-refractivity contribution in [2.75, 3.05) is 32.8 Å². The number of para-hydroxylation sites is 1. The van der Waals surface area contributed by atoms with Gasteiger partial charge < -0.3 is 9.72 Å². The van der Waals surface area contributed by atoms with Gasteiger partial charge in [0.1, 0.15) is 5.82 Å². The van der Waals surface area contributed by atoms with Gasteiger partial charge in [0.15, 0.2) is 0 Å². The molecule has 2 heterocycles. The molecule has 0 spiro atoms. The van der Waals surface area contributed by atoms with Crippen molar-refractivity contribution in [1.82, 2.24) is 19.6 Å². The molecule has 0 bridgehead atoms. The minimum Gasteiger partial charge on any atom is -0.379 e. The third-order valence-corrected chi connectivity index (χ3v) is 7.54. The summed E-state index contributed by atoms with van der Waals surface area (Å²) in [6.45, 7) is 9.98. The largest absolute Gasteiger partial charge is 0.379 e. The van der Waals surface area contributed by atoms with Crippen molar-refractivity contribution in [2.45, 2.75) is 44.6 Å². The molecule has 1 aromatic heterocycles. The van der Waals surface area contributed by atoms with Gasteiger partial charge in [-0.1, -0.05) is 38.1 Å². The van der Waals surface area contributed by atoms with Gasteiger partial charge in [-0.3, -0.25) is 4.90 Å². The van der Waals surface area contributed by atoms with E-state index in [1.165, 1.54) is 0 Å². The maximum Gasteiger partial charge on any atom is 0.240 e. The predicted octanol–water partition coefficient (Wildman–Crippen LogP) is 3.49. The number of fused-ring (bicyclic) bond motifs is 1. The molecule has 178 valence electrons. The fourth-order valence-electron chi connectivity index (χ4n) is 4.48. The zero-order chi connectivity index (χ0) is 23.4. The van der Waals surface area contributed by atoms with E-state index in [2.05, 4.69) is 39.5 Å². The maximum absolute atomic E-state index is 13.1. The fourth-order valence-corrected chi connectivity index (χ4v) is 5.72. The second kappa shape index (κ2) is 10.3. The van der Waals surface area contributed by atoms with Crippen LogP contribution in [0.1, 0.15) is 37.2 Å². The lowest BCUT2D eigenvalue weighted by Crippen LogP contribution is -2.47. The second-order valence-corrected chi connectivity index (χ2v) is 11.0. The van der Waals surface area contributed by atoms with Crippen molar-refractivity contribution in [2.24, 2.45) is 5.92 Å². The van der Waals surface area contributed by atoms with Crippen LogP contribution in [0.5, 0.6) is 0 Å². The molecule has 8 heteroatoms. The van der Waals surface area contributed by atoms with Gasteiger partial charge in [0.05, 0.1) is 29.1 Å². The van der Waals surface area contributed by atoms with Gasteiger partial charge in [0.25, 0.3) is 0 Å². The lowest BCUT2D eigenvalue weighted by molar-refractivity contribution is 0.0337. The van der Waals surface area contributed by atoms with E-state index in [1.54, 1.807) is 12.1 Å². The summed E-state index contributed by atoms with van der Waals surface area (Å²) in [5, 5.41) is 0. The number of sulfonamides is 1. The van der Waals surface area contributed by atoms with Crippen LogP contribution in [0.2, 0.25) is 0 Å². The summed E-state index contributed by atoms with van der Waals surface area (Å²) < 4.78 is 34.7. The number of aromatic amines is 1. The molecule has 1 aliphatic rings. The van der Waals surface area contributed by atoms with Gasteiger partial charge in [-0.2, -0.15) is 0 Å². The number of aryl methyl sites for hydroxylation is 1. The van der Waals surface area contributed by atoms with Crippen LogP contribution >= 0.6 is 0 Å². The van der Waals surface area contributed by atoms with Crippen LogP contribution in [-0.4, -0.2) is 62.2 Å². The van der Waals surface area contributed by atoms with Crippen molar-refractivity contribution in [3.05, 3.63) is 59.4 Å². The summed E-state index contributed by atoms with van der Waals surface area (Å²) in [6, 6.07) is 13.2. The molecule has 2 N–H and O–H groups in total. The molecule has 0 aliphatic carbocycles. The highest BCUT2D eigenvalue weighted by Gasteiger charge is 2.24. The highest BCUT2D eigenvalue weighted by molar-refractivity contribution is 7.89. The van der Waals surface area contributed by atoms with E-state index in [0.29, 0.717) is 37.0 Å². The van der Waals surface area contributed by atoms with Gasteiger partial charge in [0.2, 0.25) is 10.0 Å². The first-order chi connectivity index (χ1) is 15.8. The highest BCUT2D eigenvalue weighted by Crippen LogP contribution is 2.21. The van der Waals surface area contributed by atoms with Gasteiger partial charge >= 0.3 is 0 Å². The van der Waals surface area contributed by atoms with Crippen molar-refractivity contribution in [1.29, 1.82) is 0 Å². The second-order valence-electron chi connectivity index (χ2n) is 9.32. The van der Waals surface area contributed by atoms with Crippen LogP contribution in [0.4, 0.5) is 0 Å². The standard InChI is InChI=1S/C25H34N4O3S/c1-18(2)15-22(17-29-11-13-32-14-12-29)28-33(30,31)23-9-7-20(8-10-23)16-21-5-4-6-24-25(21)27-19(3)26-24/h4-10,18,22,28H,11-17H2,1-3H3,(H,26,27)/t22-/m0/s1. The number of nitrogens with zero attached hydrogens (tertiary/aromatic N) is 2. The van der Waals surface area contributed by atoms with E-state index in [4.69, 9.17) is 4.74 Å². The van der Waals surface area contributed by atoms with Crippen LogP contribution < -0.4 is 4.72 Å². The Morgan fingerprint density at radius 2 is 1.85 bits per heavy atom. The number of morpholine rings is 1. The smallest absolute Gasteiger partial charge is 0.240 e. The molecule has 3 aromatic rings. The third-order valence-electron chi connectivity index (χ3n) is 6.00. The normalized spacial score (nSPS) is 16.5. The van der Waals surface area contributed by atoms with Crippen molar-refractivity contribution in [3.8, 4) is 0 Å². The molecular weight excluding hydrogens is 436 g/mol. The monoisotopic (exact) mass is 470 g/mol. The molecule has 0 amide bonds. The molecule has 7 nitrogen and oxygen atoms in total. The number of aromatic nitrogens is 2. The number of hydrogen-bond acceptors (Lipinski definition) is 5. The summed E-state index contributed by atoms with van der Waals surface area (Å²) in [6.07, 6.45) is 1.49. The Balaban J connectivity index is 1.46. The zero-order valence-electron chi connectivity index (χ0n) is 19.7. The molecule has 1 fully saturated rings. The van der Waals surface area contributed by atoms with Crippen molar-refractivity contribution >= 4 is 21.1 Å². The van der Waals surface area contributed by atoms with Crippen LogP contribution in [-0.2, 0) is 21.2 Å². The molecule has 1 saturated heterocycles. The third kappa shape index (κ3) is 6.20. The minimum absolute atomic E-state index is 0.131. The van der Waals surface area contributed by atoms with Crippen LogP contribution in [0, 0.1) is 12.8 Å². The molecule has 0 saturated carbocycles. The number of hydrogen-bond donors (Lipinski definition) is 2. The lowest BCUT2D eigenvalue weighted by Gasteiger charge is -2.31. The van der Waals surface area contributed by atoms with Crippen LogP contribution in [0.25, 0.3) is 11.0 Å². The Morgan fingerprint density at radius 1 is 1.12 bits per heavy atom. The fraction of sp³-hybridized carbons (Fsp3) is 0.480. The molecule has 1 atom stereocenters. The van der Waals surface area contributed by atoms with Gasteiger partial charge in [0, 0.05) is 25.7 Å². The first kappa shape index (κ1) is 23.9. The molecule has 0 radical (unpaired) electrons. The summed E-state index contributed by atoms with van der Waals surface area (Å²) in [5.41, 5.74) is 4.15. The number of rotatable bonds is 9. The Labute approximate surface area is 196 Å². The number of imidazole rings is 1. The Hall–Kier alpha value is -2.26. The average molecular weight is 471 g/mol. The molecule has 1 aliphatic heterocycles. The Morgan fingerprint density at radius 3 is 2.55 bits per heavy atom. The first-order valence-electron chi connectivity index (χ1n) is 11.7. The first-order valence-corrected chi connectivity index (χ1v) is 13.1. The Bertz CT molecular complexity index is 1170. The Kier molecular flexibility index (Phi) is 7.48. The molecular formula is C25H34N4O3S. The summed E-state index contributed by atoms with van der Waals surface area (Å²) in [7, 11) is -3.60. The molecule has 4 rings (SSSR count). The minimum atomic E-state index is -3.60. The highest BCUT2D eigenvalue weighted by atomic mass is 32.2. The van der Waals surface area contributed by atoms with Crippen molar-refractivity contribution < 1.29 is 13.2 Å². The lowest BCUT2D eigenvalue weighted by atomic mass is 10.0. The van der Waals surface area contributed by atoms with E-state index >= 15 is 0 Å². The van der Waals surface area contributed by atoms with E-state index in [-0.39, 0.29) is 6.04 Å². The quantitative estimate of drug-likeness (QED) is 0.500.